The van der Waals surface area contributed by atoms with Gasteiger partial charge in [-0.1, -0.05) is 59.8 Å². The van der Waals surface area contributed by atoms with Crippen LogP contribution in [0.3, 0.4) is 0 Å². The number of benzene rings is 2. The lowest BCUT2D eigenvalue weighted by molar-refractivity contribution is 0.102. The van der Waals surface area contributed by atoms with Crippen molar-refractivity contribution in [3.8, 4) is 11.4 Å². The molecule has 25 heavy (non-hydrogen) atoms. The van der Waals surface area contributed by atoms with Crippen LogP contribution in [0.15, 0.2) is 47.6 Å². The minimum absolute atomic E-state index is 0.129. The van der Waals surface area contributed by atoms with E-state index < -0.39 is 0 Å². The number of thioether (sulfide) groups is 1. The van der Waals surface area contributed by atoms with E-state index in [1.165, 1.54) is 17.3 Å². The lowest BCUT2D eigenvalue weighted by Gasteiger charge is -2.10. The molecule has 0 unspecified atom stereocenters. The van der Waals surface area contributed by atoms with Crippen LogP contribution in [0.25, 0.3) is 11.4 Å². The molecule has 0 saturated heterocycles. The highest BCUT2D eigenvalue weighted by atomic mass is 32.2. The van der Waals surface area contributed by atoms with Gasteiger partial charge in [0.25, 0.3) is 0 Å². The molecule has 0 saturated carbocycles. The molecule has 5 heteroatoms. The van der Waals surface area contributed by atoms with E-state index in [1.54, 1.807) is 0 Å². The Morgan fingerprint density at radius 2 is 1.68 bits per heavy atom. The summed E-state index contributed by atoms with van der Waals surface area (Å²) in [7, 11) is 1.93. The van der Waals surface area contributed by atoms with Crippen molar-refractivity contribution in [3.05, 3.63) is 64.7 Å². The number of aromatic nitrogens is 3. The van der Waals surface area contributed by atoms with E-state index in [9.17, 15) is 4.79 Å². The van der Waals surface area contributed by atoms with Gasteiger partial charge in [-0.25, -0.2) is 0 Å². The Balaban J connectivity index is 1.77. The highest BCUT2D eigenvalue weighted by molar-refractivity contribution is 7.99. The van der Waals surface area contributed by atoms with E-state index in [0.29, 0.717) is 5.75 Å². The average Bonchev–Trinajstić information content (AvgIpc) is 2.93. The summed E-state index contributed by atoms with van der Waals surface area (Å²) in [5.74, 6) is 1.29. The predicted molar refractivity (Wildman–Crippen MR) is 102 cm³/mol. The van der Waals surface area contributed by atoms with Crippen LogP contribution in [0.1, 0.15) is 27.0 Å². The molecule has 0 amide bonds. The van der Waals surface area contributed by atoms with E-state index >= 15 is 0 Å². The second kappa shape index (κ2) is 7.23. The van der Waals surface area contributed by atoms with Crippen LogP contribution in [0, 0.1) is 20.8 Å². The van der Waals surface area contributed by atoms with Gasteiger partial charge in [0.1, 0.15) is 0 Å². The zero-order chi connectivity index (χ0) is 18.0. The van der Waals surface area contributed by atoms with Crippen LogP contribution in [0.5, 0.6) is 0 Å². The first-order valence-corrected chi connectivity index (χ1v) is 9.14. The molecule has 1 aromatic heterocycles. The van der Waals surface area contributed by atoms with Crippen molar-refractivity contribution in [3.63, 3.8) is 0 Å². The van der Waals surface area contributed by atoms with Gasteiger partial charge in [0, 0.05) is 18.2 Å². The van der Waals surface area contributed by atoms with Gasteiger partial charge in [-0.2, -0.15) is 0 Å². The summed E-state index contributed by atoms with van der Waals surface area (Å²) < 4.78 is 1.93. The first-order chi connectivity index (χ1) is 12.0. The molecule has 0 aliphatic carbocycles. The normalized spacial score (nSPS) is 10.9. The van der Waals surface area contributed by atoms with Crippen molar-refractivity contribution < 1.29 is 4.79 Å². The lowest BCUT2D eigenvalue weighted by atomic mass is 9.97. The number of hydrogen-bond acceptors (Lipinski definition) is 4. The zero-order valence-electron chi connectivity index (χ0n) is 14.9. The number of nitrogens with zero attached hydrogens (tertiary/aromatic N) is 3. The fourth-order valence-corrected chi connectivity index (χ4v) is 3.88. The van der Waals surface area contributed by atoms with E-state index in [4.69, 9.17) is 0 Å². The molecule has 0 spiro atoms. The van der Waals surface area contributed by atoms with Gasteiger partial charge < -0.3 is 4.57 Å². The minimum Gasteiger partial charge on any atom is -0.305 e. The molecule has 0 N–H and O–H groups in total. The Hall–Kier alpha value is -2.40. The van der Waals surface area contributed by atoms with Gasteiger partial charge in [-0.15, -0.1) is 10.2 Å². The molecule has 2 aromatic carbocycles. The molecular weight excluding hydrogens is 330 g/mol. The molecule has 4 nitrogen and oxygen atoms in total. The molecular formula is C20H21N3OS. The van der Waals surface area contributed by atoms with Crippen LogP contribution in [0.2, 0.25) is 0 Å². The van der Waals surface area contributed by atoms with Gasteiger partial charge in [0.05, 0.1) is 5.75 Å². The van der Waals surface area contributed by atoms with Crippen molar-refractivity contribution >= 4 is 17.5 Å². The van der Waals surface area contributed by atoms with Crippen LogP contribution in [-0.4, -0.2) is 26.3 Å². The van der Waals surface area contributed by atoms with Gasteiger partial charge in [-0.3, -0.25) is 4.79 Å². The van der Waals surface area contributed by atoms with Crippen molar-refractivity contribution in [2.24, 2.45) is 7.05 Å². The first kappa shape index (κ1) is 17.4. The molecule has 1 heterocycles. The predicted octanol–water partition coefficient (Wildman–Crippen LogP) is 4.38. The van der Waals surface area contributed by atoms with Crippen molar-refractivity contribution in [1.82, 2.24) is 14.8 Å². The maximum Gasteiger partial charge on any atom is 0.191 e. The Morgan fingerprint density at radius 3 is 2.32 bits per heavy atom. The SMILES string of the molecule is Cc1cc(C)c(C(=O)CSc2nnc(-c3ccccc3)n2C)c(C)c1. The third kappa shape index (κ3) is 3.66. The van der Waals surface area contributed by atoms with Crippen LogP contribution >= 0.6 is 11.8 Å². The average molecular weight is 351 g/mol. The topological polar surface area (TPSA) is 47.8 Å². The van der Waals surface area contributed by atoms with Crippen molar-refractivity contribution in [2.45, 2.75) is 25.9 Å². The first-order valence-electron chi connectivity index (χ1n) is 8.16. The number of ketones is 1. The molecule has 128 valence electrons. The van der Waals surface area contributed by atoms with Crippen LogP contribution in [-0.2, 0) is 7.05 Å². The summed E-state index contributed by atoms with van der Waals surface area (Å²) in [6, 6.07) is 14.0. The summed E-state index contributed by atoms with van der Waals surface area (Å²) in [6.07, 6.45) is 0. The number of hydrogen-bond donors (Lipinski definition) is 0. The summed E-state index contributed by atoms with van der Waals surface area (Å²) in [5, 5.41) is 9.25. The third-order valence-electron chi connectivity index (χ3n) is 4.16. The van der Waals surface area contributed by atoms with Crippen molar-refractivity contribution in [2.75, 3.05) is 5.75 Å². The largest absolute Gasteiger partial charge is 0.305 e. The van der Waals surface area contributed by atoms with Crippen molar-refractivity contribution in [1.29, 1.82) is 0 Å². The van der Waals surface area contributed by atoms with E-state index in [-0.39, 0.29) is 5.78 Å². The molecule has 0 fully saturated rings. The quantitative estimate of drug-likeness (QED) is 0.505. The number of carbonyl (C=O) groups excluding carboxylic acids is 1. The summed E-state index contributed by atoms with van der Waals surface area (Å²) >= 11 is 1.43. The molecule has 0 atom stereocenters. The fraction of sp³-hybridized carbons (Fsp3) is 0.250. The van der Waals surface area contributed by atoms with Crippen LogP contribution < -0.4 is 0 Å². The third-order valence-corrected chi connectivity index (χ3v) is 5.18. The van der Waals surface area contributed by atoms with E-state index in [0.717, 1.165) is 33.2 Å². The van der Waals surface area contributed by atoms with Gasteiger partial charge in [-0.05, 0) is 31.9 Å². The van der Waals surface area contributed by atoms with E-state index in [2.05, 4.69) is 22.3 Å². The number of aryl methyl sites for hydroxylation is 3. The maximum absolute atomic E-state index is 12.7. The molecule has 0 radical (unpaired) electrons. The second-order valence-electron chi connectivity index (χ2n) is 6.22. The standard InChI is InChI=1S/C20H21N3OS/c1-13-10-14(2)18(15(3)11-13)17(24)12-25-20-22-21-19(23(20)4)16-8-6-5-7-9-16/h5-11H,12H2,1-4H3. The molecule has 0 aliphatic heterocycles. The van der Waals surface area contributed by atoms with E-state index in [1.807, 2.05) is 62.7 Å². The summed E-state index contributed by atoms with van der Waals surface area (Å²) in [6.45, 7) is 6.04. The Morgan fingerprint density at radius 1 is 1.04 bits per heavy atom. The monoisotopic (exact) mass is 351 g/mol. The highest BCUT2D eigenvalue weighted by Crippen LogP contribution is 2.24. The molecule has 0 bridgehead atoms. The lowest BCUT2D eigenvalue weighted by Crippen LogP contribution is -2.08. The van der Waals surface area contributed by atoms with Gasteiger partial charge in [0.15, 0.2) is 16.8 Å². The highest BCUT2D eigenvalue weighted by Gasteiger charge is 2.16. The molecule has 3 aromatic rings. The van der Waals surface area contributed by atoms with Gasteiger partial charge in [0.2, 0.25) is 0 Å². The smallest absolute Gasteiger partial charge is 0.191 e. The maximum atomic E-state index is 12.7. The zero-order valence-corrected chi connectivity index (χ0v) is 15.7. The Kier molecular flexibility index (Phi) is 5.04. The van der Waals surface area contributed by atoms with Gasteiger partial charge >= 0.3 is 0 Å². The molecule has 0 aliphatic rings. The summed E-state index contributed by atoms with van der Waals surface area (Å²) in [4.78, 5) is 12.7. The summed E-state index contributed by atoms with van der Waals surface area (Å²) in [5.41, 5.74) is 5.08. The van der Waals surface area contributed by atoms with Crippen LogP contribution in [0.4, 0.5) is 0 Å². The molecule has 3 rings (SSSR count). The number of carbonyl (C=O) groups is 1. The number of rotatable bonds is 5. The minimum atomic E-state index is 0.129. The Bertz CT molecular complexity index is 893. The number of Topliss-reactive ketones (excluding diaryl/α,β-unsaturated/α-hetero) is 1. The second-order valence-corrected chi connectivity index (χ2v) is 7.16. The fourth-order valence-electron chi connectivity index (χ4n) is 3.10. The Labute approximate surface area is 152 Å².